The number of sulfonamides is 1. The molecule has 0 amide bonds. The number of carbonyl (C=O) groups excluding carboxylic acids is 1. The van der Waals surface area contributed by atoms with E-state index in [0.717, 1.165) is 11.1 Å². The van der Waals surface area contributed by atoms with Gasteiger partial charge >= 0.3 is 5.97 Å². The number of ether oxygens (including phenoxy) is 1. The van der Waals surface area contributed by atoms with Gasteiger partial charge in [0.15, 0.2) is 0 Å². The minimum atomic E-state index is -3.80. The van der Waals surface area contributed by atoms with E-state index in [-0.39, 0.29) is 10.5 Å². The van der Waals surface area contributed by atoms with E-state index in [1.54, 1.807) is 19.1 Å². The van der Waals surface area contributed by atoms with Crippen molar-refractivity contribution in [2.75, 3.05) is 11.8 Å². The summed E-state index contributed by atoms with van der Waals surface area (Å²) in [6, 6.07) is 9.91. The highest BCUT2D eigenvalue weighted by Crippen LogP contribution is 2.23. The van der Waals surface area contributed by atoms with Crippen LogP contribution in [0.15, 0.2) is 41.3 Å². The van der Waals surface area contributed by atoms with Crippen molar-refractivity contribution < 1.29 is 17.9 Å². The first-order valence-corrected chi connectivity index (χ1v) is 8.52. The van der Waals surface area contributed by atoms with Crippen LogP contribution in [0.4, 0.5) is 5.69 Å². The molecule has 0 bridgehead atoms. The summed E-state index contributed by atoms with van der Waals surface area (Å²) in [5.41, 5.74) is 3.14. The lowest BCUT2D eigenvalue weighted by Crippen LogP contribution is -2.16. The van der Waals surface area contributed by atoms with E-state index in [1.807, 2.05) is 26.0 Å². The second kappa shape index (κ2) is 6.42. The number of esters is 1. The molecule has 122 valence electrons. The third kappa shape index (κ3) is 3.71. The molecular weight excluding hydrogens is 314 g/mol. The van der Waals surface area contributed by atoms with Crippen molar-refractivity contribution in [1.82, 2.24) is 0 Å². The predicted molar refractivity (Wildman–Crippen MR) is 89.2 cm³/mol. The predicted octanol–water partition coefficient (Wildman–Crippen LogP) is 3.20. The Hall–Kier alpha value is -2.34. The smallest absolute Gasteiger partial charge is 0.337 e. The lowest BCUT2D eigenvalue weighted by Gasteiger charge is -2.13. The molecule has 2 aromatic carbocycles. The van der Waals surface area contributed by atoms with E-state index in [4.69, 9.17) is 0 Å². The van der Waals surface area contributed by atoms with E-state index in [0.29, 0.717) is 11.3 Å². The summed E-state index contributed by atoms with van der Waals surface area (Å²) >= 11 is 0. The highest BCUT2D eigenvalue weighted by Gasteiger charge is 2.20. The van der Waals surface area contributed by atoms with Crippen LogP contribution in [0.5, 0.6) is 0 Å². The van der Waals surface area contributed by atoms with Gasteiger partial charge in [-0.1, -0.05) is 23.8 Å². The van der Waals surface area contributed by atoms with Crippen LogP contribution >= 0.6 is 0 Å². The molecule has 0 spiro atoms. The Morgan fingerprint density at radius 1 is 1.00 bits per heavy atom. The largest absolute Gasteiger partial charge is 0.465 e. The number of hydrogen-bond donors (Lipinski definition) is 1. The van der Waals surface area contributed by atoms with Crippen molar-refractivity contribution in [2.24, 2.45) is 0 Å². The molecule has 2 aromatic rings. The fourth-order valence-corrected chi connectivity index (χ4v) is 3.66. The summed E-state index contributed by atoms with van der Waals surface area (Å²) in [4.78, 5) is 11.7. The number of nitrogens with one attached hydrogen (secondary N) is 1. The summed E-state index contributed by atoms with van der Waals surface area (Å²) in [6.45, 7) is 5.45. The standard InChI is InChI=1S/C17H19NO4S/c1-11-5-8-15(13(3)9-11)18-23(20,21)16-10-14(17(19)22-4)7-6-12(16)2/h5-10,18H,1-4H3. The zero-order valence-corrected chi connectivity index (χ0v) is 14.3. The van der Waals surface area contributed by atoms with Crippen molar-refractivity contribution in [2.45, 2.75) is 25.7 Å². The number of carbonyl (C=O) groups is 1. The fraction of sp³-hybridized carbons (Fsp3) is 0.235. The molecule has 2 rings (SSSR count). The van der Waals surface area contributed by atoms with Gasteiger partial charge in [-0.25, -0.2) is 13.2 Å². The van der Waals surface area contributed by atoms with E-state index in [2.05, 4.69) is 9.46 Å². The molecule has 23 heavy (non-hydrogen) atoms. The van der Waals surface area contributed by atoms with Gasteiger partial charge in [0.2, 0.25) is 0 Å². The van der Waals surface area contributed by atoms with Crippen LogP contribution in [0.1, 0.15) is 27.0 Å². The topological polar surface area (TPSA) is 72.5 Å². The normalized spacial score (nSPS) is 11.1. The minimum Gasteiger partial charge on any atom is -0.465 e. The van der Waals surface area contributed by atoms with Crippen LogP contribution in [0, 0.1) is 20.8 Å². The van der Waals surface area contributed by atoms with Crippen molar-refractivity contribution in [3.05, 3.63) is 58.7 Å². The van der Waals surface area contributed by atoms with Gasteiger partial charge in [0, 0.05) is 0 Å². The number of rotatable bonds is 4. The van der Waals surface area contributed by atoms with Crippen LogP contribution < -0.4 is 4.72 Å². The molecule has 0 saturated heterocycles. The quantitative estimate of drug-likeness (QED) is 0.872. The molecule has 0 fully saturated rings. The lowest BCUT2D eigenvalue weighted by atomic mass is 10.1. The van der Waals surface area contributed by atoms with E-state index in [1.165, 1.54) is 19.2 Å². The minimum absolute atomic E-state index is 0.0559. The Balaban J connectivity index is 2.45. The first-order chi connectivity index (χ1) is 10.7. The molecular formula is C17H19NO4S. The van der Waals surface area contributed by atoms with Crippen molar-refractivity contribution in [1.29, 1.82) is 0 Å². The first kappa shape index (κ1) is 17.0. The van der Waals surface area contributed by atoms with Gasteiger partial charge in [-0.15, -0.1) is 0 Å². The lowest BCUT2D eigenvalue weighted by molar-refractivity contribution is 0.0600. The van der Waals surface area contributed by atoms with Crippen molar-refractivity contribution >= 4 is 21.7 Å². The van der Waals surface area contributed by atoms with E-state index < -0.39 is 16.0 Å². The number of aryl methyl sites for hydroxylation is 3. The number of anilines is 1. The van der Waals surface area contributed by atoms with Crippen LogP contribution in [-0.2, 0) is 14.8 Å². The van der Waals surface area contributed by atoms with Crippen molar-refractivity contribution in [3.8, 4) is 0 Å². The molecule has 0 aliphatic heterocycles. The second-order valence-corrected chi connectivity index (χ2v) is 7.05. The number of methoxy groups -OCH3 is 1. The number of hydrogen-bond acceptors (Lipinski definition) is 4. The first-order valence-electron chi connectivity index (χ1n) is 7.03. The maximum absolute atomic E-state index is 12.7. The Kier molecular flexibility index (Phi) is 4.75. The van der Waals surface area contributed by atoms with Gasteiger partial charge in [-0.05, 0) is 50.1 Å². The maximum Gasteiger partial charge on any atom is 0.337 e. The third-order valence-electron chi connectivity index (χ3n) is 3.52. The van der Waals surface area contributed by atoms with Gasteiger partial charge < -0.3 is 4.74 Å². The molecule has 0 aliphatic carbocycles. The number of benzene rings is 2. The van der Waals surface area contributed by atoms with E-state index in [9.17, 15) is 13.2 Å². The fourth-order valence-electron chi connectivity index (χ4n) is 2.26. The Bertz CT molecular complexity index is 857. The molecule has 5 nitrogen and oxygen atoms in total. The van der Waals surface area contributed by atoms with Gasteiger partial charge in [-0.2, -0.15) is 0 Å². The Morgan fingerprint density at radius 3 is 2.30 bits per heavy atom. The summed E-state index contributed by atoms with van der Waals surface area (Å²) in [6.07, 6.45) is 0. The molecule has 0 saturated carbocycles. The summed E-state index contributed by atoms with van der Waals surface area (Å²) in [7, 11) is -2.55. The summed E-state index contributed by atoms with van der Waals surface area (Å²) in [5, 5.41) is 0. The average Bonchev–Trinajstić information content (AvgIpc) is 2.49. The van der Waals surface area contributed by atoms with Gasteiger partial charge in [-0.3, -0.25) is 4.72 Å². The molecule has 0 aliphatic rings. The molecule has 6 heteroatoms. The van der Waals surface area contributed by atoms with Crippen LogP contribution in [0.25, 0.3) is 0 Å². The van der Waals surface area contributed by atoms with Crippen molar-refractivity contribution in [3.63, 3.8) is 0 Å². The Labute approximate surface area is 136 Å². The van der Waals surface area contributed by atoms with Crippen LogP contribution in [0.2, 0.25) is 0 Å². The van der Waals surface area contributed by atoms with Crippen LogP contribution in [-0.4, -0.2) is 21.5 Å². The summed E-state index contributed by atoms with van der Waals surface area (Å²) in [5.74, 6) is -0.576. The highest BCUT2D eigenvalue weighted by atomic mass is 32.2. The monoisotopic (exact) mass is 333 g/mol. The second-order valence-electron chi connectivity index (χ2n) is 5.40. The molecule has 0 atom stereocenters. The molecule has 1 N–H and O–H groups in total. The molecule has 0 radical (unpaired) electrons. The van der Waals surface area contributed by atoms with Gasteiger partial charge in [0.25, 0.3) is 10.0 Å². The SMILES string of the molecule is COC(=O)c1ccc(C)c(S(=O)(=O)Nc2ccc(C)cc2C)c1. The molecule has 0 heterocycles. The average molecular weight is 333 g/mol. The van der Waals surface area contributed by atoms with Gasteiger partial charge in [0.05, 0.1) is 23.3 Å². The third-order valence-corrected chi connectivity index (χ3v) is 5.03. The highest BCUT2D eigenvalue weighted by molar-refractivity contribution is 7.92. The zero-order chi connectivity index (χ0) is 17.2. The van der Waals surface area contributed by atoms with E-state index >= 15 is 0 Å². The molecule has 0 aromatic heterocycles. The maximum atomic E-state index is 12.7. The zero-order valence-electron chi connectivity index (χ0n) is 13.5. The summed E-state index contributed by atoms with van der Waals surface area (Å²) < 4.78 is 32.5. The molecule has 0 unspecified atom stereocenters. The van der Waals surface area contributed by atoms with Crippen LogP contribution in [0.3, 0.4) is 0 Å². The Morgan fingerprint density at radius 2 is 1.70 bits per heavy atom. The van der Waals surface area contributed by atoms with Gasteiger partial charge in [0.1, 0.15) is 0 Å².